The standard InChI is InChI=1S/C12H15INO3/c1-12(2,3)7-8-5-11(17-4)9(13)6-10(8)14(15)16/h5-7H,1-4H3. The maximum Gasteiger partial charge on any atom is 0.274 e. The molecule has 0 atom stereocenters. The summed E-state index contributed by atoms with van der Waals surface area (Å²) in [5.41, 5.74) is 0.590. The molecule has 0 saturated carbocycles. The highest BCUT2D eigenvalue weighted by Crippen LogP contribution is 2.34. The van der Waals surface area contributed by atoms with Crippen molar-refractivity contribution in [3.63, 3.8) is 0 Å². The Kier molecular flexibility index (Phi) is 4.35. The van der Waals surface area contributed by atoms with E-state index in [1.807, 2.05) is 49.8 Å². The van der Waals surface area contributed by atoms with Crippen molar-refractivity contribution in [2.24, 2.45) is 5.41 Å². The highest BCUT2D eigenvalue weighted by Gasteiger charge is 2.22. The normalized spacial score (nSPS) is 11.4. The van der Waals surface area contributed by atoms with Gasteiger partial charge in [-0.1, -0.05) is 20.8 Å². The number of nitrogens with zero attached hydrogens (tertiary/aromatic N) is 1. The quantitative estimate of drug-likeness (QED) is 0.474. The van der Waals surface area contributed by atoms with Gasteiger partial charge in [0.05, 0.1) is 15.6 Å². The third-order valence-corrected chi connectivity index (χ3v) is 2.93. The average Bonchev–Trinajstić information content (AvgIpc) is 2.17. The highest BCUT2D eigenvalue weighted by molar-refractivity contribution is 14.1. The molecule has 0 aliphatic rings. The molecular weight excluding hydrogens is 333 g/mol. The Morgan fingerprint density at radius 3 is 2.41 bits per heavy atom. The Morgan fingerprint density at radius 1 is 1.41 bits per heavy atom. The molecule has 0 saturated heterocycles. The van der Waals surface area contributed by atoms with Gasteiger partial charge in [0, 0.05) is 18.1 Å². The minimum Gasteiger partial charge on any atom is -0.496 e. The van der Waals surface area contributed by atoms with E-state index in [-0.39, 0.29) is 16.0 Å². The summed E-state index contributed by atoms with van der Waals surface area (Å²) in [4.78, 5) is 10.6. The second kappa shape index (κ2) is 5.20. The van der Waals surface area contributed by atoms with Gasteiger partial charge < -0.3 is 4.74 Å². The molecule has 0 amide bonds. The van der Waals surface area contributed by atoms with E-state index in [1.165, 1.54) is 6.07 Å². The van der Waals surface area contributed by atoms with E-state index < -0.39 is 0 Å². The first kappa shape index (κ1) is 14.2. The number of halogens is 1. The second-order valence-electron chi connectivity index (χ2n) is 4.81. The van der Waals surface area contributed by atoms with Crippen molar-refractivity contribution in [2.45, 2.75) is 20.8 Å². The highest BCUT2D eigenvalue weighted by atomic mass is 127. The zero-order valence-corrected chi connectivity index (χ0v) is 12.4. The van der Waals surface area contributed by atoms with Crippen molar-refractivity contribution in [3.05, 3.63) is 37.8 Å². The van der Waals surface area contributed by atoms with Crippen molar-refractivity contribution < 1.29 is 9.66 Å². The summed E-state index contributed by atoms with van der Waals surface area (Å²) in [6, 6.07) is 3.25. The molecule has 5 heteroatoms. The van der Waals surface area contributed by atoms with Gasteiger partial charge in [-0.3, -0.25) is 10.1 Å². The van der Waals surface area contributed by atoms with Crippen LogP contribution in [0.25, 0.3) is 0 Å². The third kappa shape index (κ3) is 3.83. The Balaban J connectivity index is 3.29. The summed E-state index contributed by atoms with van der Waals surface area (Å²) >= 11 is 2.03. The molecule has 0 bridgehead atoms. The molecule has 93 valence electrons. The van der Waals surface area contributed by atoms with E-state index in [0.29, 0.717) is 11.3 Å². The molecule has 0 spiro atoms. The Labute approximate surface area is 115 Å². The largest absolute Gasteiger partial charge is 0.496 e. The SMILES string of the molecule is COc1cc([CH]C(C)(C)C)c([N+](=O)[O-])cc1I. The Bertz CT molecular complexity index is 438. The van der Waals surface area contributed by atoms with Crippen LogP contribution in [-0.2, 0) is 0 Å². The third-order valence-electron chi connectivity index (χ3n) is 2.09. The fourth-order valence-electron chi connectivity index (χ4n) is 1.46. The molecule has 0 N–H and O–H groups in total. The van der Waals surface area contributed by atoms with Crippen molar-refractivity contribution in [3.8, 4) is 5.75 Å². The lowest BCUT2D eigenvalue weighted by molar-refractivity contribution is -0.385. The van der Waals surface area contributed by atoms with Gasteiger partial charge in [0.25, 0.3) is 5.69 Å². The lowest BCUT2D eigenvalue weighted by atomic mass is 9.87. The Morgan fingerprint density at radius 2 is 2.00 bits per heavy atom. The van der Waals surface area contributed by atoms with Crippen LogP contribution in [0.3, 0.4) is 0 Å². The summed E-state index contributed by atoms with van der Waals surface area (Å²) in [7, 11) is 1.56. The number of nitro benzene ring substituents is 1. The monoisotopic (exact) mass is 348 g/mol. The zero-order valence-electron chi connectivity index (χ0n) is 10.3. The van der Waals surface area contributed by atoms with Crippen LogP contribution in [-0.4, -0.2) is 12.0 Å². The molecule has 0 fully saturated rings. The molecule has 0 aliphatic carbocycles. The first-order valence-electron chi connectivity index (χ1n) is 5.12. The van der Waals surface area contributed by atoms with Gasteiger partial charge in [-0.25, -0.2) is 0 Å². The number of nitro groups is 1. The molecule has 0 heterocycles. The number of methoxy groups -OCH3 is 1. The fourth-order valence-corrected chi connectivity index (χ4v) is 2.13. The number of hydrogen-bond acceptors (Lipinski definition) is 3. The van der Waals surface area contributed by atoms with Crippen LogP contribution in [0.15, 0.2) is 12.1 Å². The van der Waals surface area contributed by atoms with E-state index >= 15 is 0 Å². The number of rotatable bonds is 3. The second-order valence-corrected chi connectivity index (χ2v) is 5.98. The zero-order chi connectivity index (χ0) is 13.2. The minimum atomic E-state index is -0.362. The lowest BCUT2D eigenvalue weighted by Crippen LogP contribution is -2.09. The van der Waals surface area contributed by atoms with Gasteiger partial charge in [0.1, 0.15) is 5.75 Å². The molecule has 1 aromatic rings. The molecule has 1 rings (SSSR count). The first-order valence-corrected chi connectivity index (χ1v) is 6.20. The van der Waals surface area contributed by atoms with Gasteiger partial charge in [-0.15, -0.1) is 0 Å². The average molecular weight is 348 g/mol. The summed E-state index contributed by atoms with van der Waals surface area (Å²) in [6.07, 6.45) is 1.88. The van der Waals surface area contributed by atoms with Crippen LogP contribution < -0.4 is 4.74 Å². The molecule has 0 unspecified atom stereocenters. The smallest absolute Gasteiger partial charge is 0.274 e. The van der Waals surface area contributed by atoms with Gasteiger partial charge >= 0.3 is 0 Å². The lowest BCUT2D eigenvalue weighted by Gasteiger charge is -2.18. The molecular formula is C12H15INO3. The van der Waals surface area contributed by atoms with Crippen LogP contribution in [0.1, 0.15) is 26.3 Å². The van der Waals surface area contributed by atoms with Gasteiger partial charge in [-0.2, -0.15) is 0 Å². The van der Waals surface area contributed by atoms with Crippen LogP contribution in [0, 0.1) is 25.5 Å². The summed E-state index contributed by atoms with van der Waals surface area (Å²) in [5, 5.41) is 11.0. The topological polar surface area (TPSA) is 52.4 Å². The van der Waals surface area contributed by atoms with Crippen molar-refractivity contribution in [1.82, 2.24) is 0 Å². The van der Waals surface area contributed by atoms with Gasteiger partial charge in [-0.05, 0) is 34.1 Å². The molecule has 17 heavy (non-hydrogen) atoms. The van der Waals surface area contributed by atoms with E-state index in [0.717, 1.165) is 3.57 Å². The number of benzene rings is 1. The van der Waals surface area contributed by atoms with Gasteiger partial charge in [0.2, 0.25) is 0 Å². The van der Waals surface area contributed by atoms with Crippen LogP contribution >= 0.6 is 22.6 Å². The molecule has 1 aromatic carbocycles. The molecule has 0 aliphatic heterocycles. The maximum atomic E-state index is 11.0. The predicted molar refractivity (Wildman–Crippen MR) is 75.2 cm³/mol. The van der Waals surface area contributed by atoms with E-state index in [1.54, 1.807) is 13.2 Å². The van der Waals surface area contributed by atoms with Crippen LogP contribution in [0.2, 0.25) is 0 Å². The summed E-state index contributed by atoms with van der Waals surface area (Å²) in [5.74, 6) is 0.659. The molecule has 0 aromatic heterocycles. The van der Waals surface area contributed by atoms with E-state index in [2.05, 4.69) is 0 Å². The molecule has 4 nitrogen and oxygen atoms in total. The number of hydrogen-bond donors (Lipinski definition) is 0. The van der Waals surface area contributed by atoms with E-state index in [9.17, 15) is 10.1 Å². The predicted octanol–water partition coefficient (Wildman–Crippen LogP) is 3.81. The summed E-state index contributed by atoms with van der Waals surface area (Å²) < 4.78 is 5.92. The first-order chi connectivity index (χ1) is 7.74. The van der Waals surface area contributed by atoms with Crippen molar-refractivity contribution in [1.29, 1.82) is 0 Å². The van der Waals surface area contributed by atoms with Crippen molar-refractivity contribution >= 4 is 28.3 Å². The molecule has 1 radical (unpaired) electrons. The minimum absolute atomic E-state index is 0.116. The Hall–Kier alpha value is -0.850. The van der Waals surface area contributed by atoms with Crippen LogP contribution in [0.4, 0.5) is 5.69 Å². The van der Waals surface area contributed by atoms with Crippen molar-refractivity contribution in [2.75, 3.05) is 7.11 Å². The van der Waals surface area contributed by atoms with E-state index in [4.69, 9.17) is 4.74 Å². The van der Waals surface area contributed by atoms with Gasteiger partial charge in [0.15, 0.2) is 0 Å². The maximum absolute atomic E-state index is 11.0. The number of ether oxygens (including phenoxy) is 1. The summed E-state index contributed by atoms with van der Waals surface area (Å²) in [6.45, 7) is 6.00. The van der Waals surface area contributed by atoms with Crippen LogP contribution in [0.5, 0.6) is 5.75 Å². The fraction of sp³-hybridized carbons (Fsp3) is 0.417.